The highest BCUT2D eigenvalue weighted by Gasteiger charge is 2.42. The average molecular weight is 515 g/mol. The van der Waals surface area contributed by atoms with Gasteiger partial charge in [0.05, 0.1) is 53.7 Å². The zero-order chi connectivity index (χ0) is 27.8. The van der Waals surface area contributed by atoms with Crippen molar-refractivity contribution in [2.75, 3.05) is 81.1 Å². The predicted octanol–water partition coefficient (Wildman–Crippen LogP) is 1.63. The van der Waals surface area contributed by atoms with Gasteiger partial charge >= 0.3 is 5.97 Å². The maximum atomic E-state index is 13.1. The molecule has 2 atom stereocenters. The van der Waals surface area contributed by atoms with Crippen LogP contribution < -0.4 is 5.32 Å². The van der Waals surface area contributed by atoms with Crippen molar-refractivity contribution in [2.45, 2.75) is 65.9 Å². The van der Waals surface area contributed by atoms with Crippen molar-refractivity contribution in [1.82, 2.24) is 10.2 Å². The van der Waals surface area contributed by atoms with Gasteiger partial charge in [-0.05, 0) is 33.1 Å². The van der Waals surface area contributed by atoms with Crippen LogP contribution in [0.5, 0.6) is 0 Å². The Labute approximate surface area is 219 Å². The van der Waals surface area contributed by atoms with E-state index < -0.39 is 10.8 Å². The van der Waals surface area contributed by atoms with Crippen LogP contribution in [0.25, 0.3) is 0 Å². The van der Waals surface area contributed by atoms with Gasteiger partial charge in [-0.15, -0.1) is 0 Å². The fraction of sp³-hybridized carbons (Fsp3) is 0.889. The standard InChI is InChI=1S/C27H53N4O5/c1-10-27(4,21-26(2,3)25(35)36-18-16-29-15-11-13-23(29)33)24(34)28-14-12-17-31(8,9)20-22(32)19-30(5,6)7/h22,32H,10-21H2,1-9H3/q+1/p+1. The van der Waals surface area contributed by atoms with Crippen molar-refractivity contribution in [1.29, 1.82) is 0 Å². The summed E-state index contributed by atoms with van der Waals surface area (Å²) in [7, 11) is 10.4. The molecule has 0 aromatic carbocycles. The number of aliphatic hydroxyl groups excluding tert-OH is 1. The summed E-state index contributed by atoms with van der Waals surface area (Å²) in [5.41, 5.74) is -1.52. The van der Waals surface area contributed by atoms with Crippen LogP contribution in [0.2, 0.25) is 0 Å². The molecular formula is C27H54N4O5+2. The molecule has 9 nitrogen and oxygen atoms in total. The number of carbonyl (C=O) groups excluding carboxylic acids is 3. The number of carbonyl (C=O) groups is 3. The molecule has 1 saturated heterocycles. The molecule has 1 aliphatic heterocycles. The first-order valence-corrected chi connectivity index (χ1v) is 13.4. The molecule has 0 saturated carbocycles. The van der Waals surface area contributed by atoms with E-state index in [1.165, 1.54) is 0 Å². The Morgan fingerprint density at radius 3 is 2.31 bits per heavy atom. The summed E-state index contributed by atoms with van der Waals surface area (Å²) in [4.78, 5) is 39.4. The topological polar surface area (TPSA) is 95.9 Å². The van der Waals surface area contributed by atoms with Crippen LogP contribution in [0.4, 0.5) is 0 Å². The van der Waals surface area contributed by atoms with E-state index in [9.17, 15) is 19.5 Å². The first-order valence-electron chi connectivity index (χ1n) is 13.4. The Balaban J connectivity index is 2.51. The number of amides is 2. The Bertz CT molecular complexity index is 747. The predicted molar refractivity (Wildman–Crippen MR) is 142 cm³/mol. The van der Waals surface area contributed by atoms with Gasteiger partial charge in [-0.1, -0.05) is 13.8 Å². The van der Waals surface area contributed by atoms with Crippen LogP contribution in [0.15, 0.2) is 0 Å². The fourth-order valence-corrected chi connectivity index (χ4v) is 5.07. The lowest BCUT2D eigenvalue weighted by atomic mass is 9.72. The number of likely N-dealkylation sites (N-methyl/N-ethyl adjacent to an activating group) is 2. The van der Waals surface area contributed by atoms with E-state index in [-0.39, 0.29) is 30.5 Å². The molecule has 2 unspecified atom stereocenters. The molecule has 0 bridgehead atoms. The minimum Gasteiger partial charge on any atom is -0.463 e. The second-order valence-electron chi connectivity index (χ2n) is 13.2. The fourth-order valence-electron chi connectivity index (χ4n) is 5.07. The van der Waals surface area contributed by atoms with Gasteiger partial charge in [0.25, 0.3) is 0 Å². The third-order valence-electron chi connectivity index (χ3n) is 7.17. The highest BCUT2D eigenvalue weighted by Crippen LogP contribution is 2.37. The molecule has 1 aliphatic rings. The molecule has 0 aromatic rings. The van der Waals surface area contributed by atoms with Gasteiger partial charge in [0.15, 0.2) is 6.10 Å². The van der Waals surface area contributed by atoms with Crippen molar-refractivity contribution in [3.63, 3.8) is 0 Å². The lowest BCUT2D eigenvalue weighted by Gasteiger charge is -2.35. The van der Waals surface area contributed by atoms with E-state index in [4.69, 9.17) is 4.74 Å². The molecule has 1 fully saturated rings. The molecule has 2 N–H and O–H groups in total. The van der Waals surface area contributed by atoms with Gasteiger partial charge in [0.1, 0.15) is 19.7 Å². The highest BCUT2D eigenvalue weighted by molar-refractivity contribution is 5.84. The number of hydrogen-bond donors (Lipinski definition) is 2. The first kappa shape index (κ1) is 32.3. The number of rotatable bonds is 16. The quantitative estimate of drug-likeness (QED) is 0.185. The lowest BCUT2D eigenvalue weighted by Crippen LogP contribution is -2.52. The smallest absolute Gasteiger partial charge is 0.311 e. The molecule has 2 amide bonds. The van der Waals surface area contributed by atoms with Crippen molar-refractivity contribution in [3.8, 4) is 0 Å². The van der Waals surface area contributed by atoms with Crippen molar-refractivity contribution in [3.05, 3.63) is 0 Å². The van der Waals surface area contributed by atoms with Crippen molar-refractivity contribution >= 4 is 17.8 Å². The molecule has 0 aromatic heterocycles. The van der Waals surface area contributed by atoms with E-state index >= 15 is 0 Å². The monoisotopic (exact) mass is 514 g/mol. The van der Waals surface area contributed by atoms with E-state index in [0.29, 0.717) is 49.9 Å². The Morgan fingerprint density at radius 1 is 1.14 bits per heavy atom. The number of aliphatic hydroxyl groups is 1. The molecule has 0 aliphatic carbocycles. The largest absolute Gasteiger partial charge is 0.463 e. The zero-order valence-electron chi connectivity index (χ0n) is 24.5. The van der Waals surface area contributed by atoms with Crippen LogP contribution in [0, 0.1) is 10.8 Å². The number of likely N-dealkylation sites (tertiary alicyclic amines) is 1. The summed E-state index contributed by atoms with van der Waals surface area (Å²) in [6, 6.07) is 0. The van der Waals surface area contributed by atoms with Crippen molar-refractivity contribution < 1.29 is 33.2 Å². The van der Waals surface area contributed by atoms with E-state index in [1.54, 1.807) is 4.90 Å². The molecular weight excluding hydrogens is 460 g/mol. The summed E-state index contributed by atoms with van der Waals surface area (Å²) in [5.74, 6) is -0.278. The molecule has 0 spiro atoms. The van der Waals surface area contributed by atoms with Crippen LogP contribution in [0.1, 0.15) is 59.8 Å². The zero-order valence-corrected chi connectivity index (χ0v) is 24.5. The van der Waals surface area contributed by atoms with Crippen LogP contribution >= 0.6 is 0 Å². The summed E-state index contributed by atoms with van der Waals surface area (Å²) >= 11 is 0. The molecule has 0 radical (unpaired) electrons. The number of nitrogens with one attached hydrogen (secondary N) is 1. The third-order valence-corrected chi connectivity index (χ3v) is 7.17. The lowest BCUT2D eigenvalue weighted by molar-refractivity contribution is -0.907. The number of ether oxygens (including phenoxy) is 1. The minimum absolute atomic E-state index is 0.0519. The van der Waals surface area contributed by atoms with E-state index in [0.717, 1.165) is 30.4 Å². The van der Waals surface area contributed by atoms with Gasteiger partial charge in [-0.25, -0.2) is 0 Å². The number of nitrogens with zero attached hydrogens (tertiary/aromatic N) is 3. The minimum atomic E-state index is -0.822. The van der Waals surface area contributed by atoms with Crippen molar-refractivity contribution in [2.24, 2.45) is 10.8 Å². The van der Waals surface area contributed by atoms with Gasteiger partial charge in [-0.3, -0.25) is 14.4 Å². The van der Waals surface area contributed by atoms with Gasteiger partial charge in [-0.2, -0.15) is 0 Å². The number of esters is 1. The van der Waals surface area contributed by atoms with E-state index in [2.05, 4.69) is 40.6 Å². The third kappa shape index (κ3) is 11.1. The first-order chi connectivity index (χ1) is 16.4. The Hall–Kier alpha value is -1.71. The summed E-state index contributed by atoms with van der Waals surface area (Å²) in [6.07, 6.45) is 2.83. The van der Waals surface area contributed by atoms with Crippen LogP contribution in [0.3, 0.4) is 0 Å². The second kappa shape index (κ2) is 13.2. The average Bonchev–Trinajstić information content (AvgIpc) is 3.13. The number of quaternary nitrogens is 2. The normalized spacial score (nSPS) is 17.6. The molecule has 1 rings (SSSR count). The second-order valence-corrected chi connectivity index (χ2v) is 13.2. The summed E-state index contributed by atoms with van der Waals surface area (Å²) in [5, 5.41) is 13.5. The van der Waals surface area contributed by atoms with Crippen LogP contribution in [-0.2, 0) is 19.1 Å². The maximum absolute atomic E-state index is 13.1. The van der Waals surface area contributed by atoms with Crippen LogP contribution in [-0.4, -0.2) is 124 Å². The summed E-state index contributed by atoms with van der Waals surface area (Å²) < 4.78 is 6.90. The molecule has 210 valence electrons. The maximum Gasteiger partial charge on any atom is 0.311 e. The molecule has 1 heterocycles. The van der Waals surface area contributed by atoms with E-state index in [1.807, 2.05) is 27.7 Å². The number of hydrogen-bond acceptors (Lipinski definition) is 5. The van der Waals surface area contributed by atoms with Gasteiger partial charge < -0.3 is 29.0 Å². The Morgan fingerprint density at radius 2 is 1.78 bits per heavy atom. The SMILES string of the molecule is CCC(C)(CC(C)(C)C(=O)OCCN1CCCC1=O)C(=O)NCCC[N+](C)(C)CC(O)C[N+](C)(C)C. The Kier molecular flexibility index (Phi) is 11.8. The molecule has 9 heteroatoms. The molecule has 36 heavy (non-hydrogen) atoms. The summed E-state index contributed by atoms with van der Waals surface area (Å²) in [6.45, 7) is 11.6. The highest BCUT2D eigenvalue weighted by atomic mass is 16.5. The van der Waals surface area contributed by atoms with Gasteiger partial charge in [0, 0.05) is 31.3 Å². The van der Waals surface area contributed by atoms with Gasteiger partial charge in [0.2, 0.25) is 11.8 Å².